The molecule has 0 amide bonds. The summed E-state index contributed by atoms with van der Waals surface area (Å²) >= 11 is 0. The van der Waals surface area contributed by atoms with Crippen molar-refractivity contribution in [3.05, 3.63) is 97.1 Å². The molecule has 2 unspecified atom stereocenters. The molecule has 288 valence electrons. The topological polar surface area (TPSA) is 9.23 Å². The van der Waals surface area contributed by atoms with E-state index in [9.17, 15) is 0 Å². The maximum atomic E-state index is 5.92. The van der Waals surface area contributed by atoms with Crippen LogP contribution in [0.25, 0.3) is 0 Å². The Hall–Kier alpha value is -2.12. The van der Waals surface area contributed by atoms with Crippen LogP contribution in [0.15, 0.2) is 86.0 Å². The molecular formula is C50H82O. The van der Waals surface area contributed by atoms with Crippen molar-refractivity contribution in [3.63, 3.8) is 0 Å². The Morgan fingerprint density at radius 3 is 0.824 bits per heavy atom. The number of allylic oxidation sites excluding steroid dienone is 2. The van der Waals surface area contributed by atoms with E-state index in [2.05, 4.69) is 86.0 Å². The van der Waals surface area contributed by atoms with Crippen LogP contribution in [0.1, 0.15) is 216 Å². The summed E-state index contributed by atoms with van der Waals surface area (Å²) in [5.74, 6) is 1.05. The molecule has 2 aromatic carbocycles. The highest BCUT2D eigenvalue weighted by Crippen LogP contribution is 2.25. The molecule has 2 rings (SSSR count). The predicted octanol–water partition coefficient (Wildman–Crippen LogP) is 16.6. The normalized spacial score (nSPS) is 12.5. The van der Waals surface area contributed by atoms with E-state index in [0.29, 0.717) is 11.8 Å². The van der Waals surface area contributed by atoms with Gasteiger partial charge in [-0.05, 0) is 36.8 Å². The van der Waals surface area contributed by atoms with Gasteiger partial charge in [-0.25, -0.2) is 0 Å². The number of hydrogen-bond acceptors (Lipinski definition) is 1. The van der Waals surface area contributed by atoms with Gasteiger partial charge in [-0.2, -0.15) is 0 Å². The average Bonchev–Trinajstić information content (AvgIpc) is 3.17. The zero-order valence-electron chi connectivity index (χ0n) is 33.5. The van der Waals surface area contributed by atoms with Crippen molar-refractivity contribution in [3.8, 4) is 0 Å². The average molecular weight is 699 g/mol. The van der Waals surface area contributed by atoms with E-state index in [4.69, 9.17) is 4.74 Å². The Morgan fingerprint density at radius 2 is 0.569 bits per heavy atom. The van der Waals surface area contributed by atoms with Crippen molar-refractivity contribution < 1.29 is 4.74 Å². The molecule has 0 spiro atoms. The summed E-state index contributed by atoms with van der Waals surface area (Å²) in [6.07, 6.45) is 45.9. The van der Waals surface area contributed by atoms with Crippen molar-refractivity contribution in [1.29, 1.82) is 0 Å². The number of unbranched alkanes of at least 4 members (excludes halogenated alkanes) is 26. The highest BCUT2D eigenvalue weighted by atomic mass is 16.5. The predicted molar refractivity (Wildman–Crippen MR) is 228 cm³/mol. The minimum atomic E-state index is 0.527. The van der Waals surface area contributed by atoms with E-state index in [0.717, 1.165) is 13.2 Å². The number of ether oxygens (including phenoxy) is 1. The summed E-state index contributed by atoms with van der Waals surface area (Å²) in [5, 5.41) is 0. The van der Waals surface area contributed by atoms with E-state index in [-0.39, 0.29) is 0 Å². The molecular weight excluding hydrogens is 617 g/mol. The van der Waals surface area contributed by atoms with Crippen molar-refractivity contribution in [1.82, 2.24) is 0 Å². The quantitative estimate of drug-likeness (QED) is 0.0501. The lowest BCUT2D eigenvalue weighted by molar-refractivity contribution is 0.125. The van der Waals surface area contributed by atoms with Crippen LogP contribution in [0.2, 0.25) is 0 Å². The van der Waals surface area contributed by atoms with Gasteiger partial charge in [0.15, 0.2) is 0 Å². The van der Waals surface area contributed by atoms with Gasteiger partial charge in [-0.1, -0.05) is 240 Å². The van der Waals surface area contributed by atoms with Crippen molar-refractivity contribution >= 4 is 0 Å². The molecule has 1 heteroatoms. The molecule has 0 N–H and O–H groups in total. The molecule has 0 saturated heterocycles. The van der Waals surface area contributed by atoms with Crippen LogP contribution >= 0.6 is 0 Å². The number of hydrogen-bond donors (Lipinski definition) is 0. The second-order valence-electron chi connectivity index (χ2n) is 15.6. The minimum absolute atomic E-state index is 0.527. The fraction of sp³-hybridized carbons (Fsp3) is 0.680. The van der Waals surface area contributed by atoms with E-state index < -0.39 is 0 Å². The van der Waals surface area contributed by atoms with Crippen LogP contribution in [0.4, 0.5) is 0 Å². The second kappa shape index (κ2) is 34.9. The molecule has 0 saturated carbocycles. The van der Waals surface area contributed by atoms with Crippen LogP contribution in [0.3, 0.4) is 0 Å². The van der Waals surface area contributed by atoms with Gasteiger partial charge in [0.05, 0.1) is 0 Å². The summed E-state index contributed by atoms with van der Waals surface area (Å²) in [6.45, 7) is 10.1. The first-order valence-corrected chi connectivity index (χ1v) is 22.3. The first-order chi connectivity index (χ1) is 25.3. The highest BCUT2D eigenvalue weighted by Gasteiger charge is 2.07. The number of benzene rings is 2. The van der Waals surface area contributed by atoms with E-state index in [1.807, 2.05) is 0 Å². The van der Waals surface area contributed by atoms with Gasteiger partial charge in [0.1, 0.15) is 0 Å². The molecule has 0 radical (unpaired) electrons. The van der Waals surface area contributed by atoms with Gasteiger partial charge < -0.3 is 4.74 Å². The third-order valence-corrected chi connectivity index (χ3v) is 11.1. The molecule has 0 aliphatic heterocycles. The molecule has 0 fully saturated rings. The third-order valence-electron chi connectivity index (χ3n) is 11.1. The fourth-order valence-electron chi connectivity index (χ4n) is 7.72. The lowest BCUT2D eigenvalue weighted by atomic mass is 9.93. The van der Waals surface area contributed by atoms with Crippen LogP contribution in [-0.4, -0.2) is 13.2 Å². The fourth-order valence-corrected chi connectivity index (χ4v) is 7.72. The Labute approximate surface area is 318 Å². The second-order valence-corrected chi connectivity index (χ2v) is 15.6. The monoisotopic (exact) mass is 699 g/mol. The van der Waals surface area contributed by atoms with E-state index in [1.165, 1.54) is 204 Å². The maximum Gasteiger partial charge on any atom is 0.0466 e. The minimum Gasteiger partial charge on any atom is -0.381 e. The van der Waals surface area contributed by atoms with Crippen LogP contribution in [0.5, 0.6) is 0 Å². The Morgan fingerprint density at radius 1 is 0.333 bits per heavy atom. The van der Waals surface area contributed by atoms with Crippen LogP contribution in [-0.2, 0) is 4.74 Å². The molecule has 0 aliphatic carbocycles. The summed E-state index contributed by atoms with van der Waals surface area (Å²) in [4.78, 5) is 0. The van der Waals surface area contributed by atoms with E-state index >= 15 is 0 Å². The molecule has 0 aliphatic rings. The lowest BCUT2D eigenvalue weighted by Gasteiger charge is -2.12. The smallest absolute Gasteiger partial charge is 0.0466 e. The number of rotatable bonds is 38. The van der Waals surface area contributed by atoms with Gasteiger partial charge in [-0.3, -0.25) is 0 Å². The Bertz CT molecular complexity index is 915. The van der Waals surface area contributed by atoms with E-state index in [1.54, 1.807) is 0 Å². The molecule has 2 atom stereocenters. The van der Waals surface area contributed by atoms with Crippen molar-refractivity contribution in [2.45, 2.75) is 204 Å². The largest absolute Gasteiger partial charge is 0.381 e. The van der Waals surface area contributed by atoms with Gasteiger partial charge in [0, 0.05) is 25.0 Å². The van der Waals surface area contributed by atoms with Crippen LogP contribution < -0.4 is 0 Å². The zero-order chi connectivity index (χ0) is 36.1. The van der Waals surface area contributed by atoms with Gasteiger partial charge in [0.25, 0.3) is 0 Å². The molecule has 51 heavy (non-hydrogen) atoms. The van der Waals surface area contributed by atoms with Gasteiger partial charge >= 0.3 is 0 Å². The lowest BCUT2D eigenvalue weighted by Crippen LogP contribution is -1.97. The van der Waals surface area contributed by atoms with Crippen molar-refractivity contribution in [2.75, 3.05) is 13.2 Å². The summed E-state index contributed by atoms with van der Waals surface area (Å²) < 4.78 is 5.92. The zero-order valence-corrected chi connectivity index (χ0v) is 33.5. The molecule has 0 bridgehead atoms. The first kappa shape index (κ1) is 45.0. The Kier molecular flexibility index (Phi) is 30.9. The van der Waals surface area contributed by atoms with Crippen molar-refractivity contribution in [2.24, 2.45) is 0 Å². The standard InChI is InChI=1S/C50H82O/c1-3-47(49-41-33-29-34-42-49)39-31-25-21-17-13-9-5-7-11-15-19-23-27-37-45-51-46-38-28-24-20-16-12-8-6-10-14-18-22-26-32-40-48(4-2)50-43-35-30-36-44-50/h3-4,29-30,33-36,41-44,47-48H,1-2,5-28,31-32,37-40,45-46H2. The molecule has 2 aromatic rings. The Balaban J connectivity index is 1.17. The molecule has 1 nitrogen and oxygen atoms in total. The summed E-state index contributed by atoms with van der Waals surface area (Å²) in [6, 6.07) is 21.7. The maximum absolute atomic E-state index is 5.92. The van der Waals surface area contributed by atoms with Gasteiger partial charge in [-0.15, -0.1) is 13.2 Å². The SMILES string of the molecule is C=CC(CCCCCCCCCCCCCCCCOCCCCCCCCCCCCCCCCC(C=C)c1ccccc1)c1ccccc1. The third kappa shape index (κ3) is 26.3. The van der Waals surface area contributed by atoms with Crippen LogP contribution in [0, 0.1) is 0 Å². The molecule has 0 heterocycles. The van der Waals surface area contributed by atoms with Gasteiger partial charge in [0.2, 0.25) is 0 Å². The molecule has 0 aromatic heterocycles. The summed E-state index contributed by atoms with van der Waals surface area (Å²) in [5.41, 5.74) is 2.84. The first-order valence-electron chi connectivity index (χ1n) is 22.3. The highest BCUT2D eigenvalue weighted by molar-refractivity contribution is 5.23. The summed E-state index contributed by atoms with van der Waals surface area (Å²) in [7, 11) is 0.